The van der Waals surface area contributed by atoms with Crippen LogP contribution < -0.4 is 4.90 Å². The van der Waals surface area contributed by atoms with Gasteiger partial charge in [-0.15, -0.1) is 0 Å². The molecule has 0 amide bonds. The highest BCUT2D eigenvalue weighted by Gasteiger charge is 2.15. The molecule has 0 fully saturated rings. The van der Waals surface area contributed by atoms with Crippen LogP contribution in [0.3, 0.4) is 0 Å². The van der Waals surface area contributed by atoms with Crippen LogP contribution in [-0.4, -0.2) is 24.4 Å². The molecule has 1 heterocycles. The van der Waals surface area contributed by atoms with Crippen LogP contribution in [0.15, 0.2) is 30.3 Å². The molecule has 0 radical (unpaired) electrons. The maximum absolute atomic E-state index is 11.2. The van der Waals surface area contributed by atoms with E-state index in [1.807, 2.05) is 49.2 Å². The Balaban J connectivity index is 2.52. The highest BCUT2D eigenvalue weighted by Crippen LogP contribution is 2.23. The van der Waals surface area contributed by atoms with Crippen molar-refractivity contribution in [2.75, 3.05) is 11.9 Å². The van der Waals surface area contributed by atoms with Crippen LogP contribution in [0.4, 0.5) is 5.82 Å². The van der Waals surface area contributed by atoms with E-state index in [1.54, 1.807) is 0 Å². The van der Waals surface area contributed by atoms with Gasteiger partial charge in [-0.25, -0.2) is 4.98 Å². The predicted molar refractivity (Wildman–Crippen MR) is 75.2 cm³/mol. The minimum absolute atomic E-state index is 0.0114. The quantitative estimate of drug-likeness (QED) is 0.786. The predicted octanol–water partition coefficient (Wildman–Crippen LogP) is 2.79. The average molecular weight is 253 g/mol. The third kappa shape index (κ3) is 2.55. The standard InChI is InChI=1S/C15H15N3O/c1-11(7-8-16)18(2)15-13(10-19)9-12-5-3-4-6-14(12)17-15/h3-6,9-11H,7H2,1-2H3. The van der Waals surface area contributed by atoms with Crippen molar-refractivity contribution in [3.63, 3.8) is 0 Å². The first-order valence-electron chi connectivity index (χ1n) is 6.12. The second-order valence-electron chi connectivity index (χ2n) is 4.53. The number of rotatable bonds is 4. The van der Waals surface area contributed by atoms with Crippen LogP contribution in [0.25, 0.3) is 10.9 Å². The molecule has 0 N–H and O–H groups in total. The van der Waals surface area contributed by atoms with Crippen LogP contribution in [0, 0.1) is 11.3 Å². The summed E-state index contributed by atoms with van der Waals surface area (Å²) >= 11 is 0. The van der Waals surface area contributed by atoms with Crippen LogP contribution in [0.1, 0.15) is 23.7 Å². The maximum atomic E-state index is 11.2. The summed E-state index contributed by atoms with van der Waals surface area (Å²) in [6, 6.07) is 11.7. The summed E-state index contributed by atoms with van der Waals surface area (Å²) in [5, 5.41) is 9.70. The van der Waals surface area contributed by atoms with Crippen molar-refractivity contribution in [2.24, 2.45) is 0 Å². The molecule has 1 atom stereocenters. The van der Waals surface area contributed by atoms with Crippen molar-refractivity contribution in [3.8, 4) is 6.07 Å². The molecule has 1 aromatic heterocycles. The lowest BCUT2D eigenvalue weighted by molar-refractivity contribution is 0.112. The Kier molecular flexibility index (Phi) is 3.76. The Labute approximate surface area is 112 Å². The Bertz CT molecular complexity index is 645. The number of benzene rings is 1. The Morgan fingerprint density at radius 3 is 2.89 bits per heavy atom. The van der Waals surface area contributed by atoms with Crippen molar-refractivity contribution in [2.45, 2.75) is 19.4 Å². The number of aromatic nitrogens is 1. The van der Waals surface area contributed by atoms with Gasteiger partial charge in [-0.3, -0.25) is 4.79 Å². The van der Waals surface area contributed by atoms with E-state index in [4.69, 9.17) is 5.26 Å². The number of anilines is 1. The molecule has 2 aromatic rings. The third-order valence-corrected chi connectivity index (χ3v) is 3.24. The second-order valence-corrected chi connectivity index (χ2v) is 4.53. The average Bonchev–Trinajstić information content (AvgIpc) is 2.45. The Morgan fingerprint density at radius 2 is 2.21 bits per heavy atom. The van der Waals surface area contributed by atoms with E-state index in [-0.39, 0.29) is 6.04 Å². The number of para-hydroxylation sites is 1. The molecule has 4 nitrogen and oxygen atoms in total. The van der Waals surface area contributed by atoms with E-state index in [2.05, 4.69) is 11.1 Å². The van der Waals surface area contributed by atoms with Gasteiger partial charge in [-0.05, 0) is 19.1 Å². The molecule has 1 unspecified atom stereocenters. The largest absolute Gasteiger partial charge is 0.355 e. The van der Waals surface area contributed by atoms with Gasteiger partial charge >= 0.3 is 0 Å². The number of hydrogen-bond acceptors (Lipinski definition) is 4. The van der Waals surface area contributed by atoms with Crippen molar-refractivity contribution in [1.29, 1.82) is 5.26 Å². The molecule has 0 aliphatic rings. The number of pyridine rings is 1. The summed E-state index contributed by atoms with van der Waals surface area (Å²) < 4.78 is 0. The van der Waals surface area contributed by atoms with Crippen LogP contribution in [0.5, 0.6) is 0 Å². The normalized spacial score (nSPS) is 11.8. The zero-order valence-corrected chi connectivity index (χ0v) is 11.0. The number of fused-ring (bicyclic) bond motifs is 1. The summed E-state index contributed by atoms with van der Waals surface area (Å²) in [5.74, 6) is 0.622. The number of aldehydes is 1. The van der Waals surface area contributed by atoms with Crippen molar-refractivity contribution >= 4 is 23.0 Å². The zero-order valence-electron chi connectivity index (χ0n) is 11.0. The molecule has 96 valence electrons. The SMILES string of the molecule is CC(CC#N)N(C)c1nc2ccccc2cc1C=O. The number of carbonyl (C=O) groups excluding carboxylic acids is 1. The molecule has 4 heteroatoms. The van der Waals surface area contributed by atoms with Gasteiger partial charge in [-0.1, -0.05) is 18.2 Å². The third-order valence-electron chi connectivity index (χ3n) is 3.24. The summed E-state index contributed by atoms with van der Waals surface area (Å²) in [6.07, 6.45) is 1.20. The molecule has 0 saturated heterocycles. The molecular weight excluding hydrogens is 238 g/mol. The van der Waals surface area contributed by atoms with E-state index in [9.17, 15) is 4.79 Å². The fraction of sp³-hybridized carbons (Fsp3) is 0.267. The summed E-state index contributed by atoms with van der Waals surface area (Å²) in [4.78, 5) is 17.6. The van der Waals surface area contributed by atoms with Gasteiger partial charge in [0.05, 0.1) is 23.6 Å². The van der Waals surface area contributed by atoms with Gasteiger partial charge < -0.3 is 4.90 Å². The molecule has 0 aliphatic carbocycles. The minimum atomic E-state index is 0.0114. The van der Waals surface area contributed by atoms with Crippen LogP contribution >= 0.6 is 0 Å². The fourth-order valence-electron chi connectivity index (χ4n) is 1.97. The highest BCUT2D eigenvalue weighted by atomic mass is 16.1. The van der Waals surface area contributed by atoms with E-state index in [1.165, 1.54) is 0 Å². The second kappa shape index (κ2) is 5.49. The van der Waals surface area contributed by atoms with Gasteiger partial charge in [0.25, 0.3) is 0 Å². The minimum Gasteiger partial charge on any atom is -0.355 e. The van der Waals surface area contributed by atoms with Gasteiger partial charge in [-0.2, -0.15) is 5.26 Å². The lowest BCUT2D eigenvalue weighted by Gasteiger charge is -2.25. The molecule has 0 spiro atoms. The molecule has 2 rings (SSSR count). The molecule has 0 bridgehead atoms. The van der Waals surface area contributed by atoms with Gasteiger partial charge in [0.15, 0.2) is 6.29 Å². The highest BCUT2D eigenvalue weighted by molar-refractivity contribution is 5.91. The number of hydrogen-bond donors (Lipinski definition) is 0. The topological polar surface area (TPSA) is 57.0 Å². The van der Waals surface area contributed by atoms with Gasteiger partial charge in [0.1, 0.15) is 5.82 Å². The lowest BCUT2D eigenvalue weighted by atomic mass is 10.1. The zero-order chi connectivity index (χ0) is 13.8. The van der Waals surface area contributed by atoms with Crippen LogP contribution in [-0.2, 0) is 0 Å². The number of carbonyl (C=O) groups is 1. The molecular formula is C15H15N3O. The van der Waals surface area contributed by atoms with Crippen molar-refractivity contribution in [1.82, 2.24) is 4.98 Å². The number of nitriles is 1. The monoisotopic (exact) mass is 253 g/mol. The van der Waals surface area contributed by atoms with Crippen molar-refractivity contribution in [3.05, 3.63) is 35.9 Å². The lowest BCUT2D eigenvalue weighted by Crippen LogP contribution is -2.30. The molecule has 0 saturated carbocycles. The first kappa shape index (κ1) is 13.0. The number of nitrogens with zero attached hydrogens (tertiary/aromatic N) is 3. The van der Waals surface area contributed by atoms with E-state index < -0.39 is 0 Å². The Hall–Kier alpha value is -2.41. The summed E-state index contributed by atoms with van der Waals surface area (Å²) in [6.45, 7) is 1.94. The van der Waals surface area contributed by atoms with E-state index in [0.717, 1.165) is 17.2 Å². The maximum Gasteiger partial charge on any atom is 0.153 e. The molecule has 19 heavy (non-hydrogen) atoms. The van der Waals surface area contributed by atoms with E-state index >= 15 is 0 Å². The summed E-state index contributed by atoms with van der Waals surface area (Å²) in [7, 11) is 1.85. The Morgan fingerprint density at radius 1 is 1.47 bits per heavy atom. The van der Waals surface area contributed by atoms with E-state index in [0.29, 0.717) is 17.8 Å². The first-order chi connectivity index (χ1) is 9.17. The fourth-order valence-corrected chi connectivity index (χ4v) is 1.97. The van der Waals surface area contributed by atoms with Crippen LogP contribution in [0.2, 0.25) is 0 Å². The van der Waals surface area contributed by atoms with Gasteiger partial charge in [0, 0.05) is 18.5 Å². The first-order valence-corrected chi connectivity index (χ1v) is 6.12. The smallest absolute Gasteiger partial charge is 0.153 e. The molecule has 0 aliphatic heterocycles. The summed E-state index contributed by atoms with van der Waals surface area (Å²) in [5.41, 5.74) is 1.39. The van der Waals surface area contributed by atoms with Gasteiger partial charge in [0.2, 0.25) is 0 Å². The molecule has 1 aromatic carbocycles. The van der Waals surface area contributed by atoms with Crippen molar-refractivity contribution < 1.29 is 4.79 Å².